The smallest absolute Gasteiger partial charge is 0.322 e. The normalized spacial score (nSPS) is 12.5. The molecule has 2 N–H and O–H groups in total. The number of amides is 3. The molecule has 9 heteroatoms. The van der Waals surface area contributed by atoms with E-state index in [1.54, 1.807) is 11.1 Å². The molecule has 0 atom stereocenters. The Bertz CT molecular complexity index is 804. The fraction of sp³-hybridized carbons (Fsp3) is 0.235. The van der Waals surface area contributed by atoms with Gasteiger partial charge in [-0.1, -0.05) is 6.07 Å². The number of hydrogen-bond acceptors (Lipinski definition) is 3. The number of carbonyl (C=O) groups excluding carboxylic acids is 2. The molecule has 0 fully saturated rings. The van der Waals surface area contributed by atoms with Crippen LogP contribution < -0.4 is 10.6 Å². The highest BCUT2D eigenvalue weighted by atomic mass is 79.9. The van der Waals surface area contributed by atoms with Crippen molar-refractivity contribution in [2.24, 2.45) is 0 Å². The molecule has 0 saturated carbocycles. The molecule has 3 rings (SSSR count). The fourth-order valence-electron chi connectivity index (χ4n) is 2.26. The quantitative estimate of drug-likeness (QED) is 0.580. The summed E-state index contributed by atoms with van der Waals surface area (Å²) in [6.45, 7) is 3.35. The Balaban J connectivity index is 0.000000190. The molecule has 0 radical (unpaired) electrons. The number of nitrogens with zero attached hydrogens (tertiary/aromatic N) is 2. The number of carbonyl (C=O) groups is 2. The van der Waals surface area contributed by atoms with Crippen molar-refractivity contribution in [3.8, 4) is 0 Å². The highest BCUT2D eigenvalue weighted by Gasteiger charge is 2.22. The van der Waals surface area contributed by atoms with Gasteiger partial charge in [-0.15, -0.1) is 0 Å². The molecule has 0 unspecified atom stereocenters. The van der Waals surface area contributed by atoms with Crippen LogP contribution in [0.1, 0.15) is 18.1 Å². The van der Waals surface area contributed by atoms with Crippen LogP contribution in [-0.2, 0) is 17.9 Å². The molecule has 2 heterocycles. The minimum absolute atomic E-state index is 0.0434. The molecule has 1 aromatic carbocycles. The van der Waals surface area contributed by atoms with Crippen molar-refractivity contribution in [3.05, 3.63) is 57.8 Å². The fourth-order valence-corrected chi connectivity index (χ4v) is 2.72. The molecule has 1 aliphatic heterocycles. The Morgan fingerprint density at radius 2 is 2.15 bits per heavy atom. The molecule has 0 bridgehead atoms. The van der Waals surface area contributed by atoms with Crippen LogP contribution in [0.25, 0.3) is 0 Å². The average molecular weight is 427 g/mol. The maximum absolute atomic E-state index is 12.8. The number of hydrogen-bond donors (Lipinski definition) is 2. The molecular weight excluding hydrogens is 410 g/mol. The first-order valence-corrected chi connectivity index (χ1v) is 8.55. The Morgan fingerprint density at radius 1 is 1.38 bits per heavy atom. The minimum Gasteiger partial charge on any atom is -0.354 e. The van der Waals surface area contributed by atoms with Gasteiger partial charge in [0, 0.05) is 36.5 Å². The van der Waals surface area contributed by atoms with Gasteiger partial charge < -0.3 is 15.5 Å². The number of nitrogens with one attached hydrogen (secondary N) is 2. The molecule has 2 aromatic rings. The van der Waals surface area contributed by atoms with Gasteiger partial charge in [0.15, 0.2) is 0 Å². The van der Waals surface area contributed by atoms with Gasteiger partial charge in [0.2, 0.25) is 6.41 Å². The number of anilines is 1. The molecule has 0 spiro atoms. The maximum atomic E-state index is 12.8. The lowest BCUT2D eigenvalue weighted by Gasteiger charge is -2.28. The van der Waals surface area contributed by atoms with Gasteiger partial charge in [0.25, 0.3) is 0 Å². The molecule has 0 aliphatic carbocycles. The largest absolute Gasteiger partial charge is 0.354 e. The van der Waals surface area contributed by atoms with Crippen molar-refractivity contribution in [1.82, 2.24) is 15.2 Å². The van der Waals surface area contributed by atoms with Gasteiger partial charge in [-0.25, -0.2) is 18.6 Å². The molecular formula is C17H17BrF2N4O2. The summed E-state index contributed by atoms with van der Waals surface area (Å²) in [5.74, 6) is -1.27. The van der Waals surface area contributed by atoms with Crippen LogP contribution in [-0.4, -0.2) is 28.9 Å². The molecule has 3 amide bonds. The zero-order chi connectivity index (χ0) is 19.1. The van der Waals surface area contributed by atoms with Crippen LogP contribution in [0.2, 0.25) is 0 Å². The summed E-state index contributed by atoms with van der Waals surface area (Å²) in [4.78, 5) is 27.2. The second-order valence-electron chi connectivity index (χ2n) is 5.31. The van der Waals surface area contributed by atoms with Gasteiger partial charge in [0.1, 0.15) is 16.2 Å². The number of pyridine rings is 1. The van der Waals surface area contributed by atoms with E-state index in [0.29, 0.717) is 19.5 Å². The van der Waals surface area contributed by atoms with Gasteiger partial charge >= 0.3 is 6.03 Å². The topological polar surface area (TPSA) is 74.3 Å². The molecule has 138 valence electrons. The highest BCUT2D eigenvalue weighted by Crippen LogP contribution is 2.27. The van der Waals surface area contributed by atoms with E-state index in [0.717, 1.165) is 28.0 Å². The number of fused-ring (bicyclic) bond motifs is 1. The molecule has 0 saturated heterocycles. The lowest BCUT2D eigenvalue weighted by molar-refractivity contribution is -0.109. The van der Waals surface area contributed by atoms with Gasteiger partial charge in [0.05, 0.1) is 12.2 Å². The van der Waals surface area contributed by atoms with Crippen molar-refractivity contribution < 1.29 is 18.4 Å². The summed E-state index contributed by atoms with van der Waals surface area (Å²) in [7, 11) is 0. The number of benzene rings is 1. The Hall–Kier alpha value is -2.55. The van der Waals surface area contributed by atoms with E-state index in [-0.39, 0.29) is 18.1 Å². The highest BCUT2D eigenvalue weighted by molar-refractivity contribution is 9.10. The summed E-state index contributed by atoms with van der Waals surface area (Å²) in [5, 5.41) is 5.10. The van der Waals surface area contributed by atoms with Crippen molar-refractivity contribution >= 4 is 34.1 Å². The zero-order valence-corrected chi connectivity index (χ0v) is 15.5. The second kappa shape index (κ2) is 9.23. The van der Waals surface area contributed by atoms with E-state index in [1.165, 1.54) is 6.07 Å². The summed E-state index contributed by atoms with van der Waals surface area (Å²) < 4.78 is 25.9. The predicted octanol–water partition coefficient (Wildman–Crippen LogP) is 3.42. The van der Waals surface area contributed by atoms with E-state index < -0.39 is 11.6 Å². The number of halogens is 3. The Morgan fingerprint density at radius 3 is 2.81 bits per heavy atom. The van der Waals surface area contributed by atoms with E-state index in [4.69, 9.17) is 0 Å². The minimum atomic E-state index is -0.649. The Kier molecular flexibility index (Phi) is 7.02. The van der Waals surface area contributed by atoms with Crippen LogP contribution in [0.15, 0.2) is 35.1 Å². The molecule has 26 heavy (non-hydrogen) atoms. The standard InChI is InChI=1S/C9H10BrN3O.C8H7F2NO/c1-2-13-5-6-7(12-9(13)14)3-4-11-8(6)10;9-7-2-1-6(4-11-5-12)8(10)3-7/h3-4H,2,5H2,1H3,(H,12,14);1-3,5H,4H2,(H,11,12). The summed E-state index contributed by atoms with van der Waals surface area (Å²) in [6.07, 6.45) is 2.13. The summed E-state index contributed by atoms with van der Waals surface area (Å²) in [5.41, 5.74) is 2.15. The monoisotopic (exact) mass is 426 g/mol. The first kappa shape index (κ1) is 19.8. The molecule has 6 nitrogen and oxygen atoms in total. The maximum Gasteiger partial charge on any atom is 0.322 e. The van der Waals surface area contributed by atoms with E-state index in [2.05, 4.69) is 31.5 Å². The van der Waals surface area contributed by atoms with Crippen LogP contribution >= 0.6 is 15.9 Å². The summed E-state index contributed by atoms with van der Waals surface area (Å²) in [6, 6.07) is 4.98. The number of aromatic nitrogens is 1. The van der Waals surface area contributed by atoms with Crippen LogP contribution in [0, 0.1) is 11.6 Å². The second-order valence-corrected chi connectivity index (χ2v) is 6.06. The first-order chi connectivity index (χ1) is 12.5. The lowest BCUT2D eigenvalue weighted by atomic mass is 10.2. The zero-order valence-electron chi connectivity index (χ0n) is 13.9. The third-order valence-electron chi connectivity index (χ3n) is 3.65. The van der Waals surface area contributed by atoms with Crippen LogP contribution in [0.3, 0.4) is 0 Å². The van der Waals surface area contributed by atoms with E-state index in [9.17, 15) is 18.4 Å². The number of urea groups is 1. The van der Waals surface area contributed by atoms with Crippen molar-refractivity contribution in [2.75, 3.05) is 11.9 Å². The SMILES string of the molecule is CCN1Cc2c(ccnc2Br)NC1=O.O=CNCc1ccc(F)cc1F. The lowest BCUT2D eigenvalue weighted by Crippen LogP contribution is -2.38. The van der Waals surface area contributed by atoms with E-state index >= 15 is 0 Å². The Labute approximate surface area is 157 Å². The van der Waals surface area contributed by atoms with Gasteiger partial charge in [-0.05, 0) is 35.0 Å². The third-order valence-corrected chi connectivity index (χ3v) is 4.34. The average Bonchev–Trinajstić information content (AvgIpc) is 2.61. The molecule has 1 aromatic heterocycles. The predicted molar refractivity (Wildman–Crippen MR) is 96.3 cm³/mol. The van der Waals surface area contributed by atoms with Crippen molar-refractivity contribution in [2.45, 2.75) is 20.0 Å². The number of rotatable bonds is 4. The third kappa shape index (κ3) is 4.98. The molecule has 1 aliphatic rings. The van der Waals surface area contributed by atoms with Gasteiger partial charge in [-0.2, -0.15) is 0 Å². The van der Waals surface area contributed by atoms with Crippen molar-refractivity contribution in [3.63, 3.8) is 0 Å². The van der Waals surface area contributed by atoms with Crippen LogP contribution in [0.4, 0.5) is 19.3 Å². The van der Waals surface area contributed by atoms with E-state index in [1.807, 2.05) is 13.0 Å². The van der Waals surface area contributed by atoms with Crippen molar-refractivity contribution in [1.29, 1.82) is 0 Å². The van der Waals surface area contributed by atoms with Gasteiger partial charge in [-0.3, -0.25) is 4.79 Å². The first-order valence-electron chi connectivity index (χ1n) is 7.76. The van der Waals surface area contributed by atoms with Crippen LogP contribution in [0.5, 0.6) is 0 Å². The summed E-state index contributed by atoms with van der Waals surface area (Å²) >= 11 is 3.37.